The van der Waals surface area contributed by atoms with Crippen molar-refractivity contribution in [3.63, 3.8) is 0 Å². The van der Waals surface area contributed by atoms with Gasteiger partial charge in [0.15, 0.2) is 5.82 Å². The number of hydrogen-bond acceptors (Lipinski definition) is 5. The summed E-state index contributed by atoms with van der Waals surface area (Å²) in [5.41, 5.74) is 1.43. The highest BCUT2D eigenvalue weighted by atomic mass is 16.6. The van der Waals surface area contributed by atoms with E-state index in [2.05, 4.69) is 20.8 Å². The van der Waals surface area contributed by atoms with Gasteiger partial charge in [0.05, 0.1) is 0 Å². The summed E-state index contributed by atoms with van der Waals surface area (Å²) in [5.74, 6) is 1.00. The molecule has 0 bridgehead atoms. The molecule has 1 N–H and O–H groups in total. The highest BCUT2D eigenvalue weighted by Gasteiger charge is 2.09. The first-order chi connectivity index (χ1) is 10.7. The van der Waals surface area contributed by atoms with E-state index in [9.17, 15) is 4.79 Å². The van der Waals surface area contributed by atoms with E-state index in [1.807, 2.05) is 24.3 Å². The number of rotatable bonds is 3. The molecule has 3 rings (SSSR count). The molecule has 0 saturated heterocycles. The van der Waals surface area contributed by atoms with Gasteiger partial charge in [0.1, 0.15) is 5.75 Å². The Morgan fingerprint density at radius 3 is 2.68 bits per heavy atom. The van der Waals surface area contributed by atoms with Gasteiger partial charge in [-0.1, -0.05) is 30.3 Å². The lowest BCUT2D eigenvalue weighted by atomic mass is 10.2. The zero-order chi connectivity index (χ0) is 15.4. The number of nitrogens with zero attached hydrogens (tertiary/aromatic N) is 4. The zero-order valence-corrected chi connectivity index (χ0v) is 11.8. The highest BCUT2D eigenvalue weighted by Crippen LogP contribution is 2.21. The monoisotopic (exact) mass is 295 g/mol. The molecule has 0 atom stereocenters. The summed E-state index contributed by atoms with van der Waals surface area (Å²) < 4.78 is 6.81. The van der Waals surface area contributed by atoms with Crippen molar-refractivity contribution in [3.05, 3.63) is 54.6 Å². The maximum atomic E-state index is 11.9. The fourth-order valence-corrected chi connectivity index (χ4v) is 1.94. The molecule has 0 aliphatic carbocycles. The summed E-state index contributed by atoms with van der Waals surface area (Å²) >= 11 is 0. The average Bonchev–Trinajstić information content (AvgIpc) is 2.94. The predicted octanol–water partition coefficient (Wildman–Crippen LogP) is 2.49. The first-order valence-electron chi connectivity index (χ1n) is 6.59. The number of carbonyl (C=O) groups is 1. The number of benzene rings is 2. The second-order valence-electron chi connectivity index (χ2n) is 4.53. The third-order valence-electron chi connectivity index (χ3n) is 2.94. The quantitative estimate of drug-likeness (QED) is 0.802. The van der Waals surface area contributed by atoms with Gasteiger partial charge in [-0.15, -0.1) is 5.10 Å². The van der Waals surface area contributed by atoms with Crippen molar-refractivity contribution >= 4 is 11.8 Å². The normalized spacial score (nSPS) is 10.2. The molecule has 0 fully saturated rings. The Kier molecular flexibility index (Phi) is 3.78. The minimum absolute atomic E-state index is 0.411. The Hall–Kier alpha value is -3.22. The number of aromatic nitrogens is 4. The first-order valence-corrected chi connectivity index (χ1v) is 6.59. The minimum atomic E-state index is -0.556. The van der Waals surface area contributed by atoms with Gasteiger partial charge in [0.2, 0.25) is 0 Å². The SMILES string of the molecule is Cn1nnnc1-c1cccc(OC(=O)Nc2ccccc2)c1. The maximum absolute atomic E-state index is 11.9. The standard InChI is InChI=1S/C15H13N5O2/c1-20-14(17-18-19-20)11-6-5-9-13(10-11)22-15(21)16-12-7-3-2-4-8-12/h2-10H,1H3,(H,16,21). The van der Waals surface area contributed by atoms with Crippen LogP contribution >= 0.6 is 0 Å². The van der Waals surface area contributed by atoms with Gasteiger partial charge in [-0.2, -0.15) is 0 Å². The molecule has 3 aromatic rings. The van der Waals surface area contributed by atoms with Crippen molar-refractivity contribution in [2.75, 3.05) is 5.32 Å². The Bertz CT molecular complexity index is 785. The van der Waals surface area contributed by atoms with Crippen molar-refractivity contribution in [3.8, 4) is 17.1 Å². The Morgan fingerprint density at radius 2 is 1.95 bits per heavy atom. The van der Waals surface area contributed by atoms with Crippen LogP contribution in [0.15, 0.2) is 54.6 Å². The summed E-state index contributed by atoms with van der Waals surface area (Å²) in [4.78, 5) is 11.9. The fourth-order valence-electron chi connectivity index (χ4n) is 1.94. The van der Waals surface area contributed by atoms with E-state index in [1.54, 1.807) is 42.1 Å². The number of hydrogen-bond donors (Lipinski definition) is 1. The van der Waals surface area contributed by atoms with Crippen LogP contribution in [0.25, 0.3) is 11.4 Å². The number of nitrogens with one attached hydrogen (secondary N) is 1. The molecule has 22 heavy (non-hydrogen) atoms. The fraction of sp³-hybridized carbons (Fsp3) is 0.0667. The third-order valence-corrected chi connectivity index (χ3v) is 2.94. The van der Waals surface area contributed by atoms with Gasteiger partial charge in [0, 0.05) is 18.3 Å². The van der Waals surface area contributed by atoms with E-state index in [4.69, 9.17) is 4.74 Å². The number of tetrazole rings is 1. The molecule has 0 saturated carbocycles. The van der Waals surface area contributed by atoms with Crippen LogP contribution in [0.4, 0.5) is 10.5 Å². The molecule has 0 aliphatic heterocycles. The van der Waals surface area contributed by atoms with Crippen LogP contribution < -0.4 is 10.1 Å². The Labute approximate surface area is 126 Å². The van der Waals surface area contributed by atoms with E-state index >= 15 is 0 Å². The van der Waals surface area contributed by atoms with Crippen LogP contribution in [0.3, 0.4) is 0 Å². The lowest BCUT2D eigenvalue weighted by molar-refractivity contribution is 0.215. The molecular formula is C15H13N5O2. The van der Waals surface area contributed by atoms with Gasteiger partial charge in [-0.25, -0.2) is 9.48 Å². The van der Waals surface area contributed by atoms with Crippen LogP contribution in [0.2, 0.25) is 0 Å². The van der Waals surface area contributed by atoms with Crippen molar-refractivity contribution in [1.29, 1.82) is 0 Å². The molecule has 7 heteroatoms. The molecule has 1 aromatic heterocycles. The van der Waals surface area contributed by atoms with E-state index in [0.717, 1.165) is 5.56 Å². The lowest BCUT2D eigenvalue weighted by Gasteiger charge is -2.07. The largest absolute Gasteiger partial charge is 0.417 e. The van der Waals surface area contributed by atoms with E-state index < -0.39 is 6.09 Å². The van der Waals surface area contributed by atoms with Gasteiger partial charge < -0.3 is 4.74 Å². The maximum Gasteiger partial charge on any atom is 0.417 e. The number of para-hydroxylation sites is 1. The molecule has 2 aromatic carbocycles. The van der Waals surface area contributed by atoms with Crippen molar-refractivity contribution < 1.29 is 9.53 Å². The summed E-state index contributed by atoms with van der Waals surface area (Å²) in [5, 5.41) is 13.9. The van der Waals surface area contributed by atoms with E-state index in [1.165, 1.54) is 0 Å². The number of amides is 1. The summed E-state index contributed by atoms with van der Waals surface area (Å²) in [6, 6.07) is 16.1. The molecular weight excluding hydrogens is 282 g/mol. The summed E-state index contributed by atoms with van der Waals surface area (Å²) in [6.07, 6.45) is -0.556. The Balaban J connectivity index is 1.73. The summed E-state index contributed by atoms with van der Waals surface area (Å²) in [7, 11) is 1.74. The van der Waals surface area contributed by atoms with Crippen LogP contribution in [0.5, 0.6) is 5.75 Å². The van der Waals surface area contributed by atoms with Crippen molar-refractivity contribution in [2.45, 2.75) is 0 Å². The van der Waals surface area contributed by atoms with Gasteiger partial charge in [0.25, 0.3) is 0 Å². The number of carbonyl (C=O) groups excluding carboxylic acids is 1. The number of aryl methyl sites for hydroxylation is 1. The molecule has 0 spiro atoms. The lowest BCUT2D eigenvalue weighted by Crippen LogP contribution is -2.16. The zero-order valence-electron chi connectivity index (χ0n) is 11.8. The Morgan fingerprint density at radius 1 is 1.14 bits per heavy atom. The smallest absolute Gasteiger partial charge is 0.410 e. The van der Waals surface area contributed by atoms with Gasteiger partial charge in [-0.05, 0) is 34.7 Å². The second kappa shape index (κ2) is 6.04. The second-order valence-corrected chi connectivity index (χ2v) is 4.53. The van der Waals surface area contributed by atoms with E-state index in [-0.39, 0.29) is 0 Å². The summed E-state index contributed by atoms with van der Waals surface area (Å²) in [6.45, 7) is 0. The third kappa shape index (κ3) is 3.09. The van der Waals surface area contributed by atoms with E-state index in [0.29, 0.717) is 17.3 Å². The van der Waals surface area contributed by atoms with Crippen molar-refractivity contribution in [2.24, 2.45) is 7.05 Å². The van der Waals surface area contributed by atoms with Crippen molar-refractivity contribution in [1.82, 2.24) is 20.2 Å². The minimum Gasteiger partial charge on any atom is -0.410 e. The molecule has 0 aliphatic rings. The first kappa shape index (κ1) is 13.7. The molecule has 110 valence electrons. The topological polar surface area (TPSA) is 81.9 Å². The molecule has 0 unspecified atom stereocenters. The van der Waals surface area contributed by atoms with Crippen LogP contribution in [-0.2, 0) is 7.05 Å². The number of anilines is 1. The van der Waals surface area contributed by atoms with Crippen LogP contribution in [0, 0.1) is 0 Å². The van der Waals surface area contributed by atoms with Gasteiger partial charge in [-0.3, -0.25) is 5.32 Å². The average molecular weight is 295 g/mol. The molecule has 0 radical (unpaired) electrons. The van der Waals surface area contributed by atoms with Crippen LogP contribution in [0.1, 0.15) is 0 Å². The number of ether oxygens (including phenoxy) is 1. The predicted molar refractivity (Wildman–Crippen MR) is 80.3 cm³/mol. The molecule has 1 heterocycles. The highest BCUT2D eigenvalue weighted by molar-refractivity contribution is 5.86. The molecule has 7 nitrogen and oxygen atoms in total. The molecule has 1 amide bonds. The van der Waals surface area contributed by atoms with Crippen LogP contribution in [-0.4, -0.2) is 26.3 Å². The van der Waals surface area contributed by atoms with Gasteiger partial charge >= 0.3 is 6.09 Å².